The van der Waals surface area contributed by atoms with Gasteiger partial charge in [0.15, 0.2) is 0 Å². The predicted molar refractivity (Wildman–Crippen MR) is 159 cm³/mol. The summed E-state index contributed by atoms with van der Waals surface area (Å²) >= 11 is 12.0. The maximum Gasteiger partial charge on any atom is 0.328 e. The highest BCUT2D eigenvalue weighted by Crippen LogP contribution is 2.24. The molecule has 12 heteroatoms. The van der Waals surface area contributed by atoms with E-state index in [1.807, 2.05) is 29.7 Å². The van der Waals surface area contributed by atoms with Gasteiger partial charge in [-0.2, -0.15) is 0 Å². The molecular weight excluding hydrogens is 572 g/mol. The molecule has 3 aromatic rings. The summed E-state index contributed by atoms with van der Waals surface area (Å²) in [6, 6.07) is 9.50. The summed E-state index contributed by atoms with van der Waals surface area (Å²) in [5, 5.41) is 5.41. The number of carbonyl (C=O) groups is 3. The quantitative estimate of drug-likeness (QED) is 0.201. The van der Waals surface area contributed by atoms with Gasteiger partial charge in [-0.15, -0.1) is 23.2 Å². The number of benzene rings is 2. The summed E-state index contributed by atoms with van der Waals surface area (Å²) in [5.74, 6) is -0.509. The molecule has 2 atom stereocenters. The molecular formula is C29H36Cl2FN5O4. The van der Waals surface area contributed by atoms with Gasteiger partial charge in [0.1, 0.15) is 23.7 Å². The van der Waals surface area contributed by atoms with E-state index in [9.17, 15) is 18.8 Å². The van der Waals surface area contributed by atoms with Crippen LogP contribution in [0.1, 0.15) is 32.2 Å². The highest BCUT2D eigenvalue weighted by Gasteiger charge is 2.29. The van der Waals surface area contributed by atoms with Crippen molar-refractivity contribution >= 4 is 57.7 Å². The van der Waals surface area contributed by atoms with Crippen molar-refractivity contribution in [1.82, 2.24) is 20.2 Å². The molecule has 0 unspecified atom stereocenters. The summed E-state index contributed by atoms with van der Waals surface area (Å²) in [6.07, 6.45) is 0.178. The zero-order valence-electron chi connectivity index (χ0n) is 23.5. The third-order valence-electron chi connectivity index (χ3n) is 6.52. The van der Waals surface area contributed by atoms with Crippen molar-refractivity contribution in [2.45, 2.75) is 52.2 Å². The number of ether oxygens (including phenoxy) is 1. The first-order valence-corrected chi connectivity index (χ1v) is 14.6. The number of hydrogen-bond donors (Lipinski definition) is 2. The van der Waals surface area contributed by atoms with Crippen LogP contribution in [0, 0.1) is 5.82 Å². The minimum Gasteiger partial charge on any atom is -0.464 e. The van der Waals surface area contributed by atoms with E-state index in [2.05, 4.69) is 15.5 Å². The SMILES string of the molecule is CCOC(=O)[C@H](Cc1ccc(F)cc1)NC(=O)[C@H](Cc1nc2cc(N(CCCl)CCCl)ccc2n1CC)NC(C)=O. The van der Waals surface area contributed by atoms with Gasteiger partial charge in [-0.05, 0) is 49.7 Å². The molecule has 0 saturated heterocycles. The lowest BCUT2D eigenvalue weighted by Crippen LogP contribution is -2.53. The Morgan fingerprint density at radius 3 is 2.27 bits per heavy atom. The van der Waals surface area contributed by atoms with Crippen LogP contribution >= 0.6 is 23.2 Å². The minimum absolute atomic E-state index is 0.0857. The van der Waals surface area contributed by atoms with E-state index in [-0.39, 0.29) is 19.4 Å². The van der Waals surface area contributed by atoms with Gasteiger partial charge in [-0.25, -0.2) is 14.2 Å². The number of anilines is 1. The Morgan fingerprint density at radius 2 is 1.68 bits per heavy atom. The number of amides is 2. The zero-order valence-corrected chi connectivity index (χ0v) is 25.0. The summed E-state index contributed by atoms with van der Waals surface area (Å²) in [6.45, 7) is 6.93. The Bertz CT molecular complexity index is 1330. The molecule has 0 spiro atoms. The van der Waals surface area contributed by atoms with E-state index in [0.29, 0.717) is 42.8 Å². The molecule has 1 aromatic heterocycles. The molecule has 2 aromatic carbocycles. The van der Waals surface area contributed by atoms with Crippen molar-refractivity contribution < 1.29 is 23.5 Å². The summed E-state index contributed by atoms with van der Waals surface area (Å²) < 4.78 is 20.5. The molecule has 0 radical (unpaired) electrons. The van der Waals surface area contributed by atoms with Crippen LogP contribution in [0.5, 0.6) is 0 Å². The molecule has 2 N–H and O–H groups in total. The van der Waals surface area contributed by atoms with E-state index in [4.69, 9.17) is 32.9 Å². The summed E-state index contributed by atoms with van der Waals surface area (Å²) in [4.78, 5) is 45.2. The van der Waals surface area contributed by atoms with Gasteiger partial charge in [0, 0.05) is 56.8 Å². The monoisotopic (exact) mass is 607 g/mol. The van der Waals surface area contributed by atoms with Gasteiger partial charge < -0.3 is 24.8 Å². The largest absolute Gasteiger partial charge is 0.464 e. The number of aromatic nitrogens is 2. The van der Waals surface area contributed by atoms with Crippen LogP contribution in [0.2, 0.25) is 0 Å². The van der Waals surface area contributed by atoms with Gasteiger partial charge in [-0.3, -0.25) is 9.59 Å². The van der Waals surface area contributed by atoms with Crippen LogP contribution in [0.3, 0.4) is 0 Å². The number of hydrogen-bond acceptors (Lipinski definition) is 6. The van der Waals surface area contributed by atoms with E-state index >= 15 is 0 Å². The normalized spacial score (nSPS) is 12.5. The van der Waals surface area contributed by atoms with Crippen LogP contribution in [0.15, 0.2) is 42.5 Å². The second kappa shape index (κ2) is 15.6. The minimum atomic E-state index is -1.04. The van der Waals surface area contributed by atoms with Crippen LogP contribution < -0.4 is 15.5 Å². The number of imidazole rings is 1. The average molecular weight is 609 g/mol. The molecule has 3 rings (SSSR count). The second-order valence-electron chi connectivity index (χ2n) is 9.41. The number of nitrogens with one attached hydrogen (secondary N) is 2. The lowest BCUT2D eigenvalue weighted by molar-refractivity contribution is -0.147. The number of halogens is 3. The number of fused-ring (bicyclic) bond motifs is 1. The standard InChI is InChI=1S/C29H36Cl2FN5O4/c1-4-37-26-11-10-22(36(14-12-30)15-13-31)17-23(26)34-27(37)18-24(33-19(3)38)28(39)35-25(29(40)41-5-2)16-20-6-8-21(32)9-7-20/h6-11,17,24-25H,4-5,12-16,18H2,1-3H3,(H,33,38)(H,35,39)/t24-,25-/m0/s1. The lowest BCUT2D eigenvalue weighted by Gasteiger charge is -2.23. The Morgan fingerprint density at radius 1 is 1.00 bits per heavy atom. The molecule has 0 bridgehead atoms. The van der Waals surface area contributed by atoms with Crippen molar-refractivity contribution in [1.29, 1.82) is 0 Å². The lowest BCUT2D eigenvalue weighted by atomic mass is 10.0. The van der Waals surface area contributed by atoms with Crippen LogP contribution in [-0.4, -0.2) is 70.9 Å². The van der Waals surface area contributed by atoms with Crippen molar-refractivity contribution in [2.24, 2.45) is 0 Å². The number of nitrogens with zero attached hydrogens (tertiary/aromatic N) is 3. The second-order valence-corrected chi connectivity index (χ2v) is 10.2. The van der Waals surface area contributed by atoms with Gasteiger partial charge in [0.2, 0.25) is 11.8 Å². The topological polar surface area (TPSA) is 106 Å². The third kappa shape index (κ3) is 8.81. The molecule has 1 heterocycles. The maximum absolute atomic E-state index is 13.5. The Balaban J connectivity index is 1.89. The number of rotatable bonds is 15. The summed E-state index contributed by atoms with van der Waals surface area (Å²) in [7, 11) is 0. The van der Waals surface area contributed by atoms with Crippen molar-refractivity contribution in [3.63, 3.8) is 0 Å². The maximum atomic E-state index is 13.5. The first kappa shape index (κ1) is 32.1. The number of esters is 1. The van der Waals surface area contributed by atoms with Crippen molar-refractivity contribution in [2.75, 3.05) is 36.4 Å². The smallest absolute Gasteiger partial charge is 0.328 e. The third-order valence-corrected chi connectivity index (χ3v) is 6.86. The first-order valence-electron chi connectivity index (χ1n) is 13.5. The highest BCUT2D eigenvalue weighted by molar-refractivity contribution is 6.18. The fraction of sp³-hybridized carbons (Fsp3) is 0.448. The zero-order chi connectivity index (χ0) is 29.9. The molecule has 0 aliphatic heterocycles. The number of aryl methyl sites for hydroxylation is 1. The number of alkyl halides is 2. The predicted octanol–water partition coefficient (Wildman–Crippen LogP) is 3.82. The highest BCUT2D eigenvalue weighted by atomic mass is 35.5. The molecule has 0 saturated carbocycles. The van der Waals surface area contributed by atoms with Crippen LogP contribution in [-0.2, 0) is 38.5 Å². The Hall–Kier alpha value is -3.37. The van der Waals surface area contributed by atoms with E-state index in [1.54, 1.807) is 6.92 Å². The van der Waals surface area contributed by atoms with Gasteiger partial charge in [-0.1, -0.05) is 12.1 Å². The van der Waals surface area contributed by atoms with Crippen molar-refractivity contribution in [3.8, 4) is 0 Å². The molecule has 222 valence electrons. The Kier molecular flexibility index (Phi) is 12.2. The molecule has 0 aliphatic carbocycles. The van der Waals surface area contributed by atoms with E-state index in [1.165, 1.54) is 31.2 Å². The van der Waals surface area contributed by atoms with Gasteiger partial charge in [0.25, 0.3) is 0 Å². The van der Waals surface area contributed by atoms with E-state index in [0.717, 1.165) is 16.7 Å². The number of carbonyl (C=O) groups excluding carboxylic acids is 3. The van der Waals surface area contributed by atoms with E-state index < -0.39 is 35.7 Å². The van der Waals surface area contributed by atoms with Crippen LogP contribution in [0.25, 0.3) is 11.0 Å². The van der Waals surface area contributed by atoms with Gasteiger partial charge in [0.05, 0.1) is 17.6 Å². The Labute approximate surface area is 249 Å². The molecule has 0 aliphatic rings. The van der Waals surface area contributed by atoms with Crippen LogP contribution in [0.4, 0.5) is 10.1 Å². The molecule has 41 heavy (non-hydrogen) atoms. The molecule has 9 nitrogen and oxygen atoms in total. The summed E-state index contributed by atoms with van der Waals surface area (Å²) in [5.41, 5.74) is 3.18. The average Bonchev–Trinajstić information content (AvgIpc) is 3.29. The molecule has 2 amide bonds. The fourth-order valence-electron chi connectivity index (χ4n) is 4.65. The fourth-order valence-corrected chi connectivity index (χ4v) is 5.06. The van der Waals surface area contributed by atoms with Crippen molar-refractivity contribution in [3.05, 3.63) is 59.7 Å². The molecule has 0 fully saturated rings. The van der Waals surface area contributed by atoms with Gasteiger partial charge >= 0.3 is 5.97 Å². The first-order chi connectivity index (χ1) is 19.7.